The van der Waals surface area contributed by atoms with Crippen LogP contribution in [0, 0.1) is 5.92 Å². The van der Waals surface area contributed by atoms with Crippen molar-refractivity contribution in [1.29, 1.82) is 0 Å². The molecule has 1 atom stereocenters. The molecule has 0 radical (unpaired) electrons. The van der Waals surface area contributed by atoms with Gasteiger partial charge in [-0.2, -0.15) is 0 Å². The van der Waals surface area contributed by atoms with Crippen LogP contribution >= 0.6 is 0 Å². The van der Waals surface area contributed by atoms with Crippen LogP contribution in [0.1, 0.15) is 26.3 Å². The molecule has 0 spiro atoms. The van der Waals surface area contributed by atoms with E-state index < -0.39 is 5.54 Å². The number of nitrogens with zero attached hydrogens (tertiary/aromatic N) is 1. The summed E-state index contributed by atoms with van der Waals surface area (Å²) in [5, 5.41) is 2.83. The summed E-state index contributed by atoms with van der Waals surface area (Å²) in [5.41, 5.74) is -0.132. The van der Waals surface area contributed by atoms with E-state index in [1.807, 2.05) is 44.2 Å². The molecule has 1 unspecified atom stereocenters. The van der Waals surface area contributed by atoms with Crippen molar-refractivity contribution in [2.24, 2.45) is 5.92 Å². The van der Waals surface area contributed by atoms with E-state index in [0.717, 1.165) is 5.56 Å². The third-order valence-corrected chi connectivity index (χ3v) is 3.38. The molecule has 1 saturated heterocycles. The molecule has 102 valence electrons. The summed E-state index contributed by atoms with van der Waals surface area (Å²) in [5.74, 6) is 0.202. The van der Waals surface area contributed by atoms with Crippen LogP contribution in [-0.2, 0) is 15.1 Å². The largest absolute Gasteiger partial charge is 0.337 e. The molecule has 2 amide bonds. The molecule has 0 saturated carbocycles. The Kier molecular flexibility index (Phi) is 3.60. The lowest BCUT2D eigenvalue weighted by Crippen LogP contribution is -2.63. The first kappa shape index (κ1) is 13.6. The second-order valence-electron chi connectivity index (χ2n) is 5.62. The molecule has 1 aliphatic rings. The smallest absolute Gasteiger partial charge is 0.253 e. The second-order valence-corrected chi connectivity index (χ2v) is 5.62. The van der Waals surface area contributed by atoms with E-state index >= 15 is 0 Å². The van der Waals surface area contributed by atoms with Gasteiger partial charge in [-0.05, 0) is 18.4 Å². The maximum absolute atomic E-state index is 12.6. The maximum Gasteiger partial charge on any atom is 0.253 e. The number of hydrogen-bond donors (Lipinski definition) is 1. The van der Waals surface area contributed by atoms with Crippen molar-refractivity contribution in [3.63, 3.8) is 0 Å². The summed E-state index contributed by atoms with van der Waals surface area (Å²) in [7, 11) is 0. The lowest BCUT2D eigenvalue weighted by Gasteiger charge is -2.40. The van der Waals surface area contributed by atoms with Crippen LogP contribution in [0.2, 0.25) is 0 Å². The van der Waals surface area contributed by atoms with Crippen LogP contribution in [-0.4, -0.2) is 29.8 Å². The van der Waals surface area contributed by atoms with Gasteiger partial charge in [0.05, 0.1) is 6.54 Å². The first-order valence-corrected chi connectivity index (χ1v) is 6.59. The summed E-state index contributed by atoms with van der Waals surface area (Å²) >= 11 is 0. The standard InChI is InChI=1S/C15H20N2O2/c1-11(2)9-17-10-13(18)16-15(3,14(17)19)12-7-5-4-6-8-12/h4-8,11H,9-10H2,1-3H3,(H,16,18). The Bertz CT molecular complexity index is 484. The zero-order chi connectivity index (χ0) is 14.0. The van der Waals surface area contributed by atoms with Crippen LogP contribution in [0.15, 0.2) is 30.3 Å². The quantitative estimate of drug-likeness (QED) is 0.895. The summed E-state index contributed by atoms with van der Waals surface area (Å²) in [6.45, 7) is 6.61. The van der Waals surface area contributed by atoms with Gasteiger partial charge in [0.2, 0.25) is 5.91 Å². The molecule has 0 aliphatic carbocycles. The average molecular weight is 260 g/mol. The first-order chi connectivity index (χ1) is 8.93. The van der Waals surface area contributed by atoms with Crippen molar-refractivity contribution in [3.05, 3.63) is 35.9 Å². The van der Waals surface area contributed by atoms with Crippen molar-refractivity contribution < 1.29 is 9.59 Å². The van der Waals surface area contributed by atoms with Crippen LogP contribution in [0.5, 0.6) is 0 Å². The number of rotatable bonds is 3. The van der Waals surface area contributed by atoms with E-state index in [1.165, 1.54) is 0 Å². The highest BCUT2D eigenvalue weighted by Gasteiger charge is 2.44. The summed E-state index contributed by atoms with van der Waals surface area (Å²) in [4.78, 5) is 26.2. The minimum absolute atomic E-state index is 0.0352. The number of hydrogen-bond acceptors (Lipinski definition) is 2. The van der Waals surface area contributed by atoms with Crippen molar-refractivity contribution in [2.45, 2.75) is 26.3 Å². The monoisotopic (exact) mass is 260 g/mol. The van der Waals surface area contributed by atoms with E-state index in [-0.39, 0.29) is 18.4 Å². The van der Waals surface area contributed by atoms with Gasteiger partial charge in [-0.25, -0.2) is 0 Å². The van der Waals surface area contributed by atoms with Gasteiger partial charge in [0.15, 0.2) is 0 Å². The molecule has 1 N–H and O–H groups in total. The lowest BCUT2D eigenvalue weighted by atomic mass is 9.88. The van der Waals surface area contributed by atoms with Gasteiger partial charge in [-0.3, -0.25) is 9.59 Å². The molecule has 4 nitrogen and oxygen atoms in total. The number of nitrogens with one attached hydrogen (secondary N) is 1. The lowest BCUT2D eigenvalue weighted by molar-refractivity contribution is -0.150. The van der Waals surface area contributed by atoms with E-state index in [4.69, 9.17) is 0 Å². The molecule has 4 heteroatoms. The molecule has 19 heavy (non-hydrogen) atoms. The van der Waals surface area contributed by atoms with Crippen molar-refractivity contribution in [2.75, 3.05) is 13.1 Å². The summed E-state index contributed by atoms with van der Waals surface area (Å²) < 4.78 is 0. The summed E-state index contributed by atoms with van der Waals surface area (Å²) in [6, 6.07) is 9.39. The van der Waals surface area contributed by atoms with Gasteiger partial charge >= 0.3 is 0 Å². The fraction of sp³-hybridized carbons (Fsp3) is 0.467. The fourth-order valence-corrected chi connectivity index (χ4v) is 2.49. The Morgan fingerprint density at radius 3 is 2.47 bits per heavy atom. The Morgan fingerprint density at radius 1 is 1.26 bits per heavy atom. The number of amides is 2. The normalized spacial score (nSPS) is 23.7. The van der Waals surface area contributed by atoms with E-state index in [2.05, 4.69) is 5.32 Å². The third kappa shape index (κ3) is 2.62. The van der Waals surface area contributed by atoms with Crippen LogP contribution in [0.4, 0.5) is 0 Å². The van der Waals surface area contributed by atoms with Crippen molar-refractivity contribution in [1.82, 2.24) is 10.2 Å². The van der Waals surface area contributed by atoms with Crippen molar-refractivity contribution >= 4 is 11.8 Å². The van der Waals surface area contributed by atoms with Crippen LogP contribution in [0.3, 0.4) is 0 Å². The minimum Gasteiger partial charge on any atom is -0.337 e. The Labute approximate surface area is 113 Å². The van der Waals surface area contributed by atoms with Gasteiger partial charge in [-0.15, -0.1) is 0 Å². The first-order valence-electron chi connectivity index (χ1n) is 6.59. The molecule has 1 aromatic carbocycles. The van der Waals surface area contributed by atoms with E-state index in [1.54, 1.807) is 11.8 Å². The zero-order valence-electron chi connectivity index (χ0n) is 11.6. The fourth-order valence-electron chi connectivity index (χ4n) is 2.49. The highest BCUT2D eigenvalue weighted by atomic mass is 16.2. The minimum atomic E-state index is -0.953. The van der Waals surface area contributed by atoms with Gasteiger partial charge in [0, 0.05) is 6.54 Å². The van der Waals surface area contributed by atoms with Crippen LogP contribution in [0.25, 0.3) is 0 Å². The van der Waals surface area contributed by atoms with Gasteiger partial charge in [0.1, 0.15) is 5.54 Å². The third-order valence-electron chi connectivity index (χ3n) is 3.38. The van der Waals surface area contributed by atoms with Gasteiger partial charge in [0.25, 0.3) is 5.91 Å². The SMILES string of the molecule is CC(C)CN1CC(=O)NC(C)(c2ccccc2)C1=O. The van der Waals surface area contributed by atoms with E-state index in [0.29, 0.717) is 12.5 Å². The average Bonchev–Trinajstić information content (AvgIpc) is 2.36. The van der Waals surface area contributed by atoms with Crippen molar-refractivity contribution in [3.8, 4) is 0 Å². The molecule has 0 bridgehead atoms. The van der Waals surface area contributed by atoms with Gasteiger partial charge in [-0.1, -0.05) is 44.2 Å². The van der Waals surface area contributed by atoms with Crippen LogP contribution < -0.4 is 5.32 Å². The Balaban J connectivity index is 2.34. The molecule has 0 aromatic heterocycles. The number of benzene rings is 1. The Hall–Kier alpha value is -1.84. The molecule has 1 aliphatic heterocycles. The van der Waals surface area contributed by atoms with Gasteiger partial charge < -0.3 is 10.2 Å². The molecule has 1 aromatic rings. The summed E-state index contributed by atoms with van der Waals surface area (Å²) in [6.07, 6.45) is 0. The highest BCUT2D eigenvalue weighted by Crippen LogP contribution is 2.26. The highest BCUT2D eigenvalue weighted by molar-refractivity contribution is 5.98. The Morgan fingerprint density at radius 2 is 1.89 bits per heavy atom. The number of carbonyl (C=O) groups is 2. The second kappa shape index (κ2) is 5.03. The molecular weight excluding hydrogens is 240 g/mol. The maximum atomic E-state index is 12.6. The predicted molar refractivity (Wildman–Crippen MR) is 73.4 cm³/mol. The topological polar surface area (TPSA) is 49.4 Å². The number of piperazine rings is 1. The molecule has 1 heterocycles. The molecule has 2 rings (SSSR count). The predicted octanol–water partition coefficient (Wildman–Crippen LogP) is 1.52. The van der Waals surface area contributed by atoms with E-state index in [9.17, 15) is 9.59 Å². The number of carbonyl (C=O) groups excluding carboxylic acids is 2. The molecular formula is C15H20N2O2. The zero-order valence-corrected chi connectivity index (χ0v) is 11.6. The molecule has 1 fully saturated rings.